The Bertz CT molecular complexity index is 137. The molecule has 1 unspecified atom stereocenters. The molecule has 1 radical (unpaired) electrons. The second kappa shape index (κ2) is 8.05. The Kier molecular flexibility index (Phi) is 7.69. The summed E-state index contributed by atoms with van der Waals surface area (Å²) in [6.45, 7) is 9.61. The van der Waals surface area contributed by atoms with Crippen LogP contribution in [0.5, 0.6) is 0 Å². The lowest BCUT2D eigenvalue weighted by atomic mass is 10.2. The number of hydrogen-bond acceptors (Lipinski definition) is 3. The Morgan fingerprint density at radius 1 is 1.62 bits per heavy atom. The van der Waals surface area contributed by atoms with Crippen LogP contribution in [-0.2, 0) is 9.53 Å². The van der Waals surface area contributed by atoms with Gasteiger partial charge in [0.2, 0.25) is 0 Å². The van der Waals surface area contributed by atoms with Crippen molar-refractivity contribution >= 4 is 5.97 Å². The number of ether oxygens (including phenoxy) is 1. The fourth-order valence-corrected chi connectivity index (χ4v) is 0.872. The minimum Gasteiger partial charge on any atom is -0.465 e. The first-order valence-electron chi connectivity index (χ1n) is 4.89. The minimum atomic E-state index is -0.113. The van der Waals surface area contributed by atoms with E-state index in [-0.39, 0.29) is 11.9 Å². The van der Waals surface area contributed by atoms with Crippen LogP contribution in [0.15, 0.2) is 0 Å². The third-order valence-corrected chi connectivity index (χ3v) is 1.65. The van der Waals surface area contributed by atoms with E-state index < -0.39 is 0 Å². The molecule has 0 spiro atoms. The summed E-state index contributed by atoms with van der Waals surface area (Å²) in [7, 11) is 0. The van der Waals surface area contributed by atoms with Gasteiger partial charge in [-0.1, -0.05) is 20.8 Å². The van der Waals surface area contributed by atoms with Crippen LogP contribution in [0.2, 0.25) is 0 Å². The lowest BCUT2D eigenvalue weighted by molar-refractivity contribution is -0.147. The molecule has 0 aliphatic rings. The largest absolute Gasteiger partial charge is 0.465 e. The second-order valence-corrected chi connectivity index (χ2v) is 3.13. The van der Waals surface area contributed by atoms with Crippen molar-refractivity contribution in [3.8, 4) is 0 Å². The van der Waals surface area contributed by atoms with Crippen LogP contribution in [0, 0.1) is 12.8 Å². The third-order valence-electron chi connectivity index (χ3n) is 1.65. The van der Waals surface area contributed by atoms with E-state index in [0.29, 0.717) is 13.2 Å². The normalized spacial score (nSPS) is 12.5. The average Bonchev–Trinajstić information content (AvgIpc) is 2.14. The lowest BCUT2D eigenvalue weighted by Gasteiger charge is -2.11. The van der Waals surface area contributed by atoms with Crippen molar-refractivity contribution in [1.82, 2.24) is 5.32 Å². The summed E-state index contributed by atoms with van der Waals surface area (Å²) in [5.74, 6) is -0.170. The van der Waals surface area contributed by atoms with E-state index in [1.54, 1.807) is 0 Å². The highest BCUT2D eigenvalue weighted by Gasteiger charge is 2.12. The summed E-state index contributed by atoms with van der Waals surface area (Å²) >= 11 is 0. The smallest absolute Gasteiger partial charge is 0.309 e. The van der Waals surface area contributed by atoms with E-state index in [0.717, 1.165) is 19.4 Å². The molecule has 0 heterocycles. The van der Waals surface area contributed by atoms with Gasteiger partial charge in [0.25, 0.3) is 0 Å². The molecule has 0 aromatic carbocycles. The quantitative estimate of drug-likeness (QED) is 0.482. The van der Waals surface area contributed by atoms with Gasteiger partial charge >= 0.3 is 5.97 Å². The zero-order valence-corrected chi connectivity index (χ0v) is 8.64. The zero-order valence-electron chi connectivity index (χ0n) is 8.64. The maximum absolute atomic E-state index is 11.2. The Labute approximate surface area is 80.8 Å². The number of esters is 1. The Morgan fingerprint density at radius 2 is 2.31 bits per heavy atom. The van der Waals surface area contributed by atoms with Gasteiger partial charge in [0.15, 0.2) is 0 Å². The molecule has 0 aliphatic carbocycles. The van der Waals surface area contributed by atoms with Crippen molar-refractivity contribution < 1.29 is 9.53 Å². The number of carbonyl (C=O) groups excluding carboxylic acids is 1. The molecule has 1 N–H and O–H groups in total. The molecule has 3 heteroatoms. The standard InChI is InChI=1S/C10H20NO2/c1-4-6-11-8-9(3)10(12)13-7-5-2/h9,11H,1,4-8H2,2-3H3. The minimum absolute atomic E-state index is 0.0573. The van der Waals surface area contributed by atoms with Gasteiger partial charge in [-0.3, -0.25) is 4.79 Å². The number of carbonyl (C=O) groups is 1. The van der Waals surface area contributed by atoms with E-state index >= 15 is 0 Å². The van der Waals surface area contributed by atoms with Crippen molar-refractivity contribution in [2.24, 2.45) is 5.92 Å². The van der Waals surface area contributed by atoms with Crippen molar-refractivity contribution in [3.63, 3.8) is 0 Å². The van der Waals surface area contributed by atoms with Crippen LogP contribution in [0.3, 0.4) is 0 Å². The molecule has 0 saturated heterocycles. The van der Waals surface area contributed by atoms with E-state index in [1.165, 1.54) is 0 Å². The Hall–Kier alpha value is -0.570. The fourth-order valence-electron chi connectivity index (χ4n) is 0.872. The first kappa shape index (κ1) is 12.4. The monoisotopic (exact) mass is 186 g/mol. The maximum Gasteiger partial charge on any atom is 0.309 e. The van der Waals surface area contributed by atoms with E-state index in [1.807, 2.05) is 13.8 Å². The van der Waals surface area contributed by atoms with Crippen molar-refractivity contribution in [1.29, 1.82) is 0 Å². The van der Waals surface area contributed by atoms with Gasteiger partial charge in [0.1, 0.15) is 0 Å². The highest BCUT2D eigenvalue weighted by molar-refractivity contribution is 5.72. The molecule has 0 aromatic rings. The molecule has 0 fully saturated rings. The SMILES string of the molecule is [CH2]CCNCC(C)C(=O)OCCC. The molecule has 0 bridgehead atoms. The predicted octanol–water partition coefficient (Wildman–Crippen LogP) is 1.39. The molecular formula is C10H20NO2. The summed E-state index contributed by atoms with van der Waals surface area (Å²) in [5, 5.41) is 3.13. The Balaban J connectivity index is 3.45. The summed E-state index contributed by atoms with van der Waals surface area (Å²) in [6, 6.07) is 0. The molecule has 0 rings (SSSR count). The molecule has 0 amide bonds. The zero-order chi connectivity index (χ0) is 10.1. The Morgan fingerprint density at radius 3 is 2.85 bits per heavy atom. The van der Waals surface area contributed by atoms with Crippen LogP contribution in [0.1, 0.15) is 26.7 Å². The molecule has 0 aromatic heterocycles. The fraction of sp³-hybridized carbons (Fsp3) is 0.800. The average molecular weight is 186 g/mol. The second-order valence-electron chi connectivity index (χ2n) is 3.13. The number of nitrogens with one attached hydrogen (secondary N) is 1. The van der Waals surface area contributed by atoms with Crippen LogP contribution >= 0.6 is 0 Å². The predicted molar refractivity (Wildman–Crippen MR) is 53.3 cm³/mol. The molecule has 0 aliphatic heterocycles. The van der Waals surface area contributed by atoms with E-state index in [9.17, 15) is 4.79 Å². The number of rotatable bonds is 7. The van der Waals surface area contributed by atoms with Gasteiger partial charge in [-0.2, -0.15) is 0 Å². The van der Waals surface area contributed by atoms with E-state index in [2.05, 4.69) is 12.2 Å². The van der Waals surface area contributed by atoms with Gasteiger partial charge in [-0.25, -0.2) is 0 Å². The summed E-state index contributed by atoms with van der Waals surface area (Å²) < 4.78 is 4.99. The molecule has 13 heavy (non-hydrogen) atoms. The van der Waals surface area contributed by atoms with Crippen molar-refractivity contribution in [2.45, 2.75) is 26.7 Å². The third kappa shape index (κ3) is 6.58. The van der Waals surface area contributed by atoms with Gasteiger partial charge in [0.05, 0.1) is 12.5 Å². The summed E-state index contributed by atoms with van der Waals surface area (Å²) in [4.78, 5) is 11.2. The van der Waals surface area contributed by atoms with Gasteiger partial charge in [-0.05, 0) is 19.4 Å². The van der Waals surface area contributed by atoms with Crippen LogP contribution in [0.25, 0.3) is 0 Å². The molecule has 77 valence electrons. The highest BCUT2D eigenvalue weighted by atomic mass is 16.5. The van der Waals surface area contributed by atoms with Gasteiger partial charge in [-0.15, -0.1) is 0 Å². The topological polar surface area (TPSA) is 38.3 Å². The summed E-state index contributed by atoms with van der Waals surface area (Å²) in [6.07, 6.45) is 1.72. The van der Waals surface area contributed by atoms with Crippen LogP contribution in [0.4, 0.5) is 0 Å². The van der Waals surface area contributed by atoms with Crippen molar-refractivity contribution in [3.05, 3.63) is 6.92 Å². The maximum atomic E-state index is 11.2. The number of hydrogen-bond donors (Lipinski definition) is 1. The first-order chi connectivity index (χ1) is 6.22. The molecule has 3 nitrogen and oxygen atoms in total. The van der Waals surface area contributed by atoms with E-state index in [4.69, 9.17) is 4.74 Å². The van der Waals surface area contributed by atoms with Gasteiger partial charge < -0.3 is 10.1 Å². The van der Waals surface area contributed by atoms with Crippen LogP contribution in [-0.4, -0.2) is 25.7 Å². The van der Waals surface area contributed by atoms with Gasteiger partial charge in [0, 0.05) is 6.54 Å². The molecule has 1 atom stereocenters. The lowest BCUT2D eigenvalue weighted by Crippen LogP contribution is -2.28. The van der Waals surface area contributed by atoms with Crippen molar-refractivity contribution in [2.75, 3.05) is 19.7 Å². The van der Waals surface area contributed by atoms with Crippen LogP contribution < -0.4 is 5.32 Å². The highest BCUT2D eigenvalue weighted by Crippen LogP contribution is 1.97. The molecule has 0 saturated carbocycles. The summed E-state index contributed by atoms with van der Waals surface area (Å²) in [5.41, 5.74) is 0. The molecular weight excluding hydrogens is 166 g/mol. The first-order valence-corrected chi connectivity index (χ1v) is 4.89.